The number of oxazole rings is 1. The molecule has 0 bridgehead atoms. The molecular formula is C38H46N18O6. The Morgan fingerprint density at radius 1 is 0.823 bits per heavy atom. The Morgan fingerprint density at radius 2 is 1.50 bits per heavy atom. The van der Waals surface area contributed by atoms with E-state index in [1.165, 1.54) is 31.1 Å². The number of ether oxygens (including phenoxy) is 3. The topological polar surface area (TPSA) is 314 Å². The van der Waals surface area contributed by atoms with Crippen LogP contribution in [0.2, 0.25) is 0 Å². The predicted octanol–water partition coefficient (Wildman–Crippen LogP) is 2.41. The molecule has 7 rings (SSSR count). The Kier molecular flexibility index (Phi) is 14.7. The summed E-state index contributed by atoms with van der Waals surface area (Å²) in [5.74, 6) is 1.03. The van der Waals surface area contributed by atoms with Gasteiger partial charge in [-0.3, -0.25) is 9.59 Å². The van der Waals surface area contributed by atoms with E-state index < -0.39 is 0 Å². The Morgan fingerprint density at radius 3 is 2.21 bits per heavy atom. The number of azide groups is 1. The van der Waals surface area contributed by atoms with E-state index in [4.69, 9.17) is 40.7 Å². The molecule has 0 radical (unpaired) electrons. The molecule has 6 aromatic rings. The van der Waals surface area contributed by atoms with Crippen LogP contribution in [-0.4, -0.2) is 135 Å². The lowest BCUT2D eigenvalue weighted by Gasteiger charge is -2.34. The SMILES string of the molecule is [N-]=[N+]=Nc1cnc(N2CCN(c3ncc(C(=O)NCCOCCOCCOCCC(=O)NCCCCn4nc(-c5ccc6oc(N)nc6c5)c5c(N)ncnc54)cn3)CC2)nc1. The van der Waals surface area contributed by atoms with Gasteiger partial charge < -0.3 is 50.5 Å². The van der Waals surface area contributed by atoms with Gasteiger partial charge >= 0.3 is 0 Å². The molecule has 1 aliphatic heterocycles. The fourth-order valence-electron chi connectivity index (χ4n) is 6.52. The summed E-state index contributed by atoms with van der Waals surface area (Å²) in [5.41, 5.74) is 24.4. The molecule has 6 N–H and O–H groups in total. The van der Waals surface area contributed by atoms with Gasteiger partial charge in [-0.25, -0.2) is 34.6 Å². The minimum Gasteiger partial charge on any atom is -0.424 e. The predicted molar refractivity (Wildman–Crippen MR) is 226 cm³/mol. The summed E-state index contributed by atoms with van der Waals surface area (Å²) < 4.78 is 23.8. The number of rotatable bonds is 22. The number of unbranched alkanes of at least 4 members (excludes halogenated alkanes) is 1. The maximum absolute atomic E-state index is 12.6. The number of fused-ring (bicyclic) bond motifs is 2. The number of amides is 2. The largest absolute Gasteiger partial charge is 0.424 e. The Hall–Kier alpha value is -7.27. The van der Waals surface area contributed by atoms with Crippen molar-refractivity contribution in [3.05, 3.63) is 65.3 Å². The summed E-state index contributed by atoms with van der Waals surface area (Å²) in [5, 5.41) is 14.7. The summed E-state index contributed by atoms with van der Waals surface area (Å²) in [6.07, 6.45) is 9.11. The summed E-state index contributed by atoms with van der Waals surface area (Å²) in [4.78, 5) is 61.7. The van der Waals surface area contributed by atoms with E-state index in [-0.39, 0.29) is 30.9 Å². The molecule has 24 nitrogen and oxygen atoms in total. The van der Waals surface area contributed by atoms with Crippen LogP contribution in [0.25, 0.3) is 43.8 Å². The first kappa shape index (κ1) is 42.8. The molecule has 1 aliphatic rings. The number of aryl methyl sites for hydroxylation is 1. The fraction of sp³-hybridized carbons (Fsp3) is 0.421. The Balaban J connectivity index is 0.683. The van der Waals surface area contributed by atoms with Crippen molar-refractivity contribution in [2.75, 3.05) is 100 Å². The van der Waals surface area contributed by atoms with Crippen molar-refractivity contribution in [1.29, 1.82) is 0 Å². The van der Waals surface area contributed by atoms with Crippen LogP contribution in [0.5, 0.6) is 0 Å². The van der Waals surface area contributed by atoms with Crippen molar-refractivity contribution in [2.24, 2.45) is 5.11 Å². The van der Waals surface area contributed by atoms with Crippen molar-refractivity contribution in [3.63, 3.8) is 0 Å². The van der Waals surface area contributed by atoms with E-state index in [0.29, 0.717) is 136 Å². The first-order chi connectivity index (χ1) is 30.4. The maximum atomic E-state index is 12.6. The second-order valence-electron chi connectivity index (χ2n) is 13.8. The van der Waals surface area contributed by atoms with Gasteiger partial charge in [0.1, 0.15) is 23.4 Å². The number of piperazine rings is 1. The summed E-state index contributed by atoms with van der Waals surface area (Å²) in [7, 11) is 0. The number of nitrogen functional groups attached to an aromatic ring is 2. The lowest BCUT2D eigenvalue weighted by atomic mass is 10.1. The third-order valence-electron chi connectivity index (χ3n) is 9.63. The van der Waals surface area contributed by atoms with Crippen LogP contribution < -0.4 is 31.9 Å². The van der Waals surface area contributed by atoms with Gasteiger partial charge in [0.15, 0.2) is 11.2 Å². The number of carbonyl (C=O) groups is 2. The van der Waals surface area contributed by atoms with Gasteiger partial charge in [0.25, 0.3) is 11.9 Å². The molecule has 2 amide bonds. The van der Waals surface area contributed by atoms with Gasteiger partial charge in [-0.2, -0.15) is 10.1 Å². The van der Waals surface area contributed by atoms with Gasteiger partial charge in [0, 0.05) is 87.5 Å². The fourth-order valence-corrected chi connectivity index (χ4v) is 6.52. The number of nitrogens with two attached hydrogens (primary N) is 2. The highest BCUT2D eigenvalue weighted by molar-refractivity contribution is 5.99. The monoisotopic (exact) mass is 850 g/mol. The van der Waals surface area contributed by atoms with Crippen LogP contribution in [0.1, 0.15) is 29.6 Å². The van der Waals surface area contributed by atoms with E-state index in [9.17, 15) is 9.59 Å². The molecule has 1 aromatic carbocycles. The first-order valence-electron chi connectivity index (χ1n) is 20.0. The van der Waals surface area contributed by atoms with Crippen molar-refractivity contribution in [2.45, 2.75) is 25.8 Å². The second-order valence-corrected chi connectivity index (χ2v) is 13.8. The molecule has 0 atom stereocenters. The lowest BCUT2D eigenvalue weighted by molar-refractivity contribution is -0.122. The Bertz CT molecular complexity index is 2470. The minimum atomic E-state index is -0.296. The van der Waals surface area contributed by atoms with E-state index in [1.807, 2.05) is 21.9 Å². The van der Waals surface area contributed by atoms with Crippen LogP contribution in [0, 0.1) is 0 Å². The zero-order valence-corrected chi connectivity index (χ0v) is 33.8. The highest BCUT2D eigenvalue weighted by Gasteiger charge is 2.22. The average molecular weight is 851 g/mol. The van der Waals surface area contributed by atoms with Crippen LogP contribution >= 0.6 is 0 Å². The smallest absolute Gasteiger partial charge is 0.292 e. The molecule has 5 aromatic heterocycles. The van der Waals surface area contributed by atoms with Gasteiger partial charge in [0.2, 0.25) is 17.8 Å². The van der Waals surface area contributed by atoms with Crippen LogP contribution in [0.3, 0.4) is 0 Å². The molecule has 0 saturated carbocycles. The second kappa shape index (κ2) is 21.3. The maximum Gasteiger partial charge on any atom is 0.292 e. The molecule has 6 heterocycles. The molecule has 0 aliphatic carbocycles. The zero-order valence-electron chi connectivity index (χ0n) is 33.8. The third-order valence-corrected chi connectivity index (χ3v) is 9.63. The Labute approximate surface area is 354 Å². The quantitative estimate of drug-likeness (QED) is 0.0330. The van der Waals surface area contributed by atoms with Crippen molar-refractivity contribution in [1.82, 2.24) is 55.3 Å². The number of nitrogens with zero attached hydrogens (tertiary/aromatic N) is 14. The van der Waals surface area contributed by atoms with Crippen LogP contribution in [0.15, 0.2) is 58.8 Å². The van der Waals surface area contributed by atoms with Crippen LogP contribution in [0.4, 0.5) is 29.4 Å². The third kappa shape index (κ3) is 11.3. The number of anilines is 4. The molecule has 0 spiro atoms. The van der Waals surface area contributed by atoms with Gasteiger partial charge in [-0.15, -0.1) is 0 Å². The van der Waals surface area contributed by atoms with E-state index in [2.05, 4.69) is 55.5 Å². The van der Waals surface area contributed by atoms with E-state index in [1.54, 1.807) is 10.7 Å². The van der Waals surface area contributed by atoms with Crippen molar-refractivity contribution >= 4 is 63.4 Å². The standard InChI is InChI=1S/C38H46N18O6/c39-33-31-32(25-3-4-29-28(19-25)50-36(40)62-29)52-56(34(31)49-24-48-33)8-2-1-6-42-30(57)5-13-59-15-17-61-18-16-60-14-7-43-35(58)26-20-44-37(45-21-26)54-9-11-55(12-10-54)38-46-22-27(23-47-38)51-53-41/h3-4,19-24H,1-2,5-18H2,(H2,40,50)(H,42,57)(H,43,58)(H2,39,48,49). The number of carbonyl (C=O) groups excluding carboxylic acids is 2. The molecule has 0 unspecified atom stereocenters. The molecule has 1 fully saturated rings. The van der Waals surface area contributed by atoms with Crippen molar-refractivity contribution in [3.8, 4) is 11.3 Å². The number of hydrogen-bond acceptors (Lipinski definition) is 19. The van der Waals surface area contributed by atoms with Crippen LogP contribution in [-0.2, 0) is 25.5 Å². The van der Waals surface area contributed by atoms with Gasteiger partial charge in [0.05, 0.1) is 56.3 Å². The lowest BCUT2D eigenvalue weighted by Crippen LogP contribution is -2.47. The summed E-state index contributed by atoms with van der Waals surface area (Å²) >= 11 is 0. The highest BCUT2D eigenvalue weighted by atomic mass is 16.5. The molecule has 62 heavy (non-hydrogen) atoms. The molecular weight excluding hydrogens is 805 g/mol. The minimum absolute atomic E-state index is 0.0878. The normalized spacial score (nSPS) is 12.8. The van der Waals surface area contributed by atoms with E-state index >= 15 is 0 Å². The number of aromatic nitrogens is 9. The van der Waals surface area contributed by atoms with Gasteiger partial charge in [-0.05, 0) is 36.6 Å². The number of nitrogens with one attached hydrogen (secondary N) is 2. The average Bonchev–Trinajstić information content (AvgIpc) is 3.86. The number of benzene rings is 1. The molecule has 1 saturated heterocycles. The van der Waals surface area contributed by atoms with Crippen molar-refractivity contribution < 1.29 is 28.2 Å². The highest BCUT2D eigenvalue weighted by Crippen LogP contribution is 2.32. The molecule has 324 valence electrons. The molecule has 24 heteroatoms. The summed E-state index contributed by atoms with van der Waals surface area (Å²) in [6, 6.07) is 5.57. The van der Waals surface area contributed by atoms with E-state index in [0.717, 1.165) is 18.4 Å². The number of hydrogen-bond donors (Lipinski definition) is 4. The first-order valence-corrected chi connectivity index (χ1v) is 20.0. The van der Waals surface area contributed by atoms with Gasteiger partial charge in [-0.1, -0.05) is 5.11 Å². The summed E-state index contributed by atoms with van der Waals surface area (Å²) in [6.45, 7) is 6.01. The zero-order chi connectivity index (χ0) is 43.1.